The minimum absolute atomic E-state index is 0.0660. The summed E-state index contributed by atoms with van der Waals surface area (Å²) >= 11 is 0. The third-order valence-corrected chi connectivity index (χ3v) is 6.17. The van der Waals surface area contributed by atoms with Gasteiger partial charge in [-0.2, -0.15) is 4.31 Å². The van der Waals surface area contributed by atoms with E-state index in [0.29, 0.717) is 26.2 Å². The Kier molecular flexibility index (Phi) is 5.48. The van der Waals surface area contributed by atoms with E-state index >= 15 is 0 Å². The van der Waals surface area contributed by atoms with Gasteiger partial charge < -0.3 is 9.64 Å². The normalized spacial score (nSPS) is 16.1. The largest absolute Gasteiger partial charge is 0.489 e. The second kappa shape index (κ2) is 7.63. The number of hydrogen-bond donors (Lipinski definition) is 0. The number of piperazine rings is 1. The molecular formula is C19H23FN2O3S. The monoisotopic (exact) mass is 378 g/mol. The predicted molar refractivity (Wildman–Crippen MR) is 99.6 cm³/mol. The summed E-state index contributed by atoms with van der Waals surface area (Å²) in [6, 6.07) is 12.7. The fraction of sp³-hybridized carbons (Fsp3) is 0.368. The summed E-state index contributed by atoms with van der Waals surface area (Å²) in [5.74, 6) is 0.355. The van der Waals surface area contributed by atoms with E-state index in [1.807, 2.05) is 38.1 Å². The molecule has 0 aliphatic carbocycles. The maximum Gasteiger partial charge on any atom is 0.243 e. The molecule has 0 aromatic heterocycles. The number of halogens is 1. The molecule has 26 heavy (non-hydrogen) atoms. The smallest absolute Gasteiger partial charge is 0.243 e. The highest BCUT2D eigenvalue weighted by atomic mass is 32.2. The van der Waals surface area contributed by atoms with Gasteiger partial charge in [-0.05, 0) is 50.2 Å². The molecule has 1 fully saturated rings. The molecule has 5 nitrogen and oxygen atoms in total. The van der Waals surface area contributed by atoms with Crippen LogP contribution in [0.2, 0.25) is 0 Å². The van der Waals surface area contributed by atoms with Crippen LogP contribution in [0.25, 0.3) is 0 Å². The Morgan fingerprint density at radius 2 is 1.58 bits per heavy atom. The Morgan fingerprint density at radius 3 is 2.19 bits per heavy atom. The number of hydrogen-bond acceptors (Lipinski definition) is 4. The van der Waals surface area contributed by atoms with E-state index in [4.69, 9.17) is 4.74 Å². The molecule has 0 amide bonds. The number of ether oxygens (including phenoxy) is 1. The third kappa shape index (κ3) is 3.99. The zero-order valence-corrected chi connectivity index (χ0v) is 15.7. The Balaban J connectivity index is 1.73. The van der Waals surface area contributed by atoms with Gasteiger partial charge in [-0.15, -0.1) is 0 Å². The molecule has 1 saturated heterocycles. The molecule has 0 radical (unpaired) electrons. The molecule has 2 aromatic carbocycles. The number of nitrogens with zero attached hydrogens (tertiary/aromatic N) is 2. The topological polar surface area (TPSA) is 49.9 Å². The third-order valence-electron chi connectivity index (χ3n) is 4.26. The molecule has 2 aromatic rings. The van der Waals surface area contributed by atoms with Gasteiger partial charge in [-0.3, -0.25) is 0 Å². The van der Waals surface area contributed by atoms with Crippen molar-refractivity contribution >= 4 is 15.7 Å². The van der Waals surface area contributed by atoms with Crippen LogP contribution in [0.3, 0.4) is 0 Å². The maximum absolute atomic E-state index is 13.1. The first-order valence-electron chi connectivity index (χ1n) is 8.64. The Labute approximate surface area is 154 Å². The number of benzene rings is 2. The van der Waals surface area contributed by atoms with Crippen molar-refractivity contribution in [1.82, 2.24) is 4.31 Å². The van der Waals surface area contributed by atoms with Crippen LogP contribution in [-0.4, -0.2) is 45.0 Å². The van der Waals surface area contributed by atoms with E-state index in [-0.39, 0.29) is 11.0 Å². The van der Waals surface area contributed by atoms with E-state index in [1.54, 1.807) is 0 Å². The Hall–Kier alpha value is -2.12. The molecule has 1 aliphatic heterocycles. The number of sulfonamides is 1. The molecule has 1 heterocycles. The van der Waals surface area contributed by atoms with Crippen molar-refractivity contribution in [3.05, 3.63) is 54.3 Å². The molecule has 0 spiro atoms. The van der Waals surface area contributed by atoms with Crippen molar-refractivity contribution in [2.75, 3.05) is 31.1 Å². The van der Waals surface area contributed by atoms with Gasteiger partial charge in [0.25, 0.3) is 0 Å². The zero-order chi connectivity index (χ0) is 18.7. The van der Waals surface area contributed by atoms with E-state index in [1.165, 1.54) is 28.6 Å². The summed E-state index contributed by atoms with van der Waals surface area (Å²) in [5.41, 5.74) is 0.972. The fourth-order valence-corrected chi connectivity index (χ4v) is 4.42. The first-order valence-corrected chi connectivity index (χ1v) is 10.1. The van der Waals surface area contributed by atoms with Crippen LogP contribution in [0.4, 0.5) is 10.1 Å². The van der Waals surface area contributed by atoms with Crippen molar-refractivity contribution in [1.29, 1.82) is 0 Å². The van der Waals surface area contributed by atoms with Gasteiger partial charge in [-0.25, -0.2) is 12.8 Å². The van der Waals surface area contributed by atoms with Crippen molar-refractivity contribution in [2.45, 2.75) is 24.8 Å². The second-order valence-corrected chi connectivity index (χ2v) is 8.42. The van der Waals surface area contributed by atoms with Crippen molar-refractivity contribution < 1.29 is 17.5 Å². The van der Waals surface area contributed by atoms with E-state index in [0.717, 1.165) is 11.4 Å². The molecule has 140 valence electrons. The summed E-state index contributed by atoms with van der Waals surface area (Å²) in [7, 11) is -3.60. The van der Waals surface area contributed by atoms with Crippen LogP contribution in [0.5, 0.6) is 5.75 Å². The van der Waals surface area contributed by atoms with Gasteiger partial charge >= 0.3 is 0 Å². The lowest BCUT2D eigenvalue weighted by Crippen LogP contribution is -2.48. The molecular weight excluding hydrogens is 355 g/mol. The maximum atomic E-state index is 13.1. The van der Waals surface area contributed by atoms with Crippen LogP contribution < -0.4 is 9.64 Å². The number of anilines is 1. The first kappa shape index (κ1) is 18.7. The van der Waals surface area contributed by atoms with Crippen LogP contribution in [-0.2, 0) is 10.0 Å². The van der Waals surface area contributed by atoms with E-state index in [2.05, 4.69) is 4.90 Å². The van der Waals surface area contributed by atoms with Gasteiger partial charge in [0, 0.05) is 26.2 Å². The van der Waals surface area contributed by atoms with Gasteiger partial charge in [-0.1, -0.05) is 12.1 Å². The minimum atomic E-state index is -3.60. The summed E-state index contributed by atoms with van der Waals surface area (Å²) in [4.78, 5) is 2.25. The lowest BCUT2D eigenvalue weighted by molar-refractivity contribution is 0.242. The zero-order valence-electron chi connectivity index (χ0n) is 14.9. The van der Waals surface area contributed by atoms with E-state index in [9.17, 15) is 12.8 Å². The number of para-hydroxylation sites is 2. The predicted octanol–water partition coefficient (Wildman–Crippen LogP) is 3.12. The average molecular weight is 378 g/mol. The minimum Gasteiger partial charge on any atom is -0.489 e. The summed E-state index contributed by atoms with van der Waals surface area (Å²) < 4.78 is 45.8. The SMILES string of the molecule is CC(C)Oc1ccccc1N1CCN(S(=O)(=O)c2ccc(F)cc2)CC1. The van der Waals surface area contributed by atoms with Gasteiger partial charge in [0.2, 0.25) is 10.0 Å². The van der Waals surface area contributed by atoms with Crippen LogP contribution in [0, 0.1) is 5.82 Å². The quantitative estimate of drug-likeness (QED) is 0.802. The molecule has 0 atom stereocenters. The van der Waals surface area contributed by atoms with Crippen LogP contribution >= 0.6 is 0 Å². The Bertz CT molecular complexity index is 845. The summed E-state index contributed by atoms with van der Waals surface area (Å²) in [6.07, 6.45) is 0.0660. The molecule has 0 saturated carbocycles. The first-order chi connectivity index (χ1) is 12.4. The standard InChI is InChI=1S/C19H23FN2O3S/c1-15(2)25-19-6-4-3-5-18(19)21-11-13-22(14-12-21)26(23,24)17-9-7-16(20)8-10-17/h3-10,15H,11-14H2,1-2H3. The van der Waals surface area contributed by atoms with Crippen molar-refractivity contribution in [2.24, 2.45) is 0 Å². The highest BCUT2D eigenvalue weighted by molar-refractivity contribution is 7.89. The molecule has 3 rings (SSSR count). The molecule has 1 aliphatic rings. The highest BCUT2D eigenvalue weighted by Crippen LogP contribution is 2.30. The lowest BCUT2D eigenvalue weighted by Gasteiger charge is -2.36. The van der Waals surface area contributed by atoms with E-state index < -0.39 is 15.8 Å². The average Bonchev–Trinajstić information content (AvgIpc) is 2.62. The molecule has 0 bridgehead atoms. The van der Waals surface area contributed by atoms with Crippen LogP contribution in [0.15, 0.2) is 53.4 Å². The number of rotatable bonds is 5. The Morgan fingerprint density at radius 1 is 0.962 bits per heavy atom. The fourth-order valence-electron chi connectivity index (χ4n) is 3.00. The second-order valence-electron chi connectivity index (χ2n) is 6.48. The highest BCUT2D eigenvalue weighted by Gasteiger charge is 2.29. The lowest BCUT2D eigenvalue weighted by atomic mass is 10.2. The van der Waals surface area contributed by atoms with Gasteiger partial charge in [0.15, 0.2) is 0 Å². The van der Waals surface area contributed by atoms with Gasteiger partial charge in [0.1, 0.15) is 11.6 Å². The van der Waals surface area contributed by atoms with Crippen molar-refractivity contribution in [3.8, 4) is 5.75 Å². The van der Waals surface area contributed by atoms with Crippen molar-refractivity contribution in [3.63, 3.8) is 0 Å². The summed E-state index contributed by atoms with van der Waals surface area (Å²) in [5, 5.41) is 0. The molecule has 0 unspecified atom stereocenters. The summed E-state index contributed by atoms with van der Waals surface area (Å²) in [6.45, 7) is 5.83. The van der Waals surface area contributed by atoms with Crippen LogP contribution in [0.1, 0.15) is 13.8 Å². The van der Waals surface area contributed by atoms with Gasteiger partial charge in [0.05, 0.1) is 16.7 Å². The molecule has 7 heteroatoms. The molecule has 0 N–H and O–H groups in total.